The van der Waals surface area contributed by atoms with Crippen molar-refractivity contribution in [3.8, 4) is 0 Å². The topological polar surface area (TPSA) is 55.0 Å². The lowest BCUT2D eigenvalue weighted by atomic mass is 9.85. The highest BCUT2D eigenvalue weighted by Gasteiger charge is 2.37. The first-order valence-corrected chi connectivity index (χ1v) is 8.64. The van der Waals surface area contributed by atoms with Gasteiger partial charge in [0.2, 0.25) is 0 Å². The molecule has 0 amide bonds. The second kappa shape index (κ2) is 6.30. The van der Waals surface area contributed by atoms with Crippen LogP contribution in [0.1, 0.15) is 62.8 Å². The van der Waals surface area contributed by atoms with Gasteiger partial charge in [0.05, 0.1) is 5.69 Å². The summed E-state index contributed by atoms with van der Waals surface area (Å²) in [7, 11) is 0. The zero-order valence-electron chi connectivity index (χ0n) is 13.4. The molecule has 1 aromatic rings. The molecule has 0 aromatic carbocycles. The Labute approximate surface area is 128 Å². The monoisotopic (exact) mass is 288 g/mol. The quantitative estimate of drug-likeness (QED) is 0.925. The Morgan fingerprint density at radius 3 is 2.57 bits per heavy atom. The lowest BCUT2D eigenvalue weighted by Gasteiger charge is -2.33. The number of anilines is 1. The first-order chi connectivity index (χ1) is 10.3. The van der Waals surface area contributed by atoms with Crippen LogP contribution in [0.2, 0.25) is 0 Å². The van der Waals surface area contributed by atoms with Crippen LogP contribution in [0.25, 0.3) is 0 Å². The molecule has 2 N–H and O–H groups in total. The SMILES string of the molecule is CCc1nnc(N2CCC3CCCCC32)c(CN)c1CC. The maximum atomic E-state index is 6.09. The molecule has 2 aliphatic rings. The Hall–Kier alpha value is -1.16. The number of aryl methyl sites for hydroxylation is 1. The van der Waals surface area contributed by atoms with Crippen molar-refractivity contribution in [3.05, 3.63) is 16.8 Å². The third-order valence-electron chi connectivity index (χ3n) is 5.42. The van der Waals surface area contributed by atoms with E-state index in [-0.39, 0.29) is 0 Å². The second-order valence-corrected chi connectivity index (χ2v) is 6.43. The van der Waals surface area contributed by atoms with Gasteiger partial charge in [-0.05, 0) is 43.6 Å². The Morgan fingerprint density at radius 2 is 1.86 bits per heavy atom. The Kier molecular flexibility index (Phi) is 4.43. The highest BCUT2D eigenvalue weighted by molar-refractivity contribution is 5.53. The second-order valence-electron chi connectivity index (χ2n) is 6.43. The molecule has 4 heteroatoms. The van der Waals surface area contributed by atoms with Crippen molar-refractivity contribution < 1.29 is 0 Å². The van der Waals surface area contributed by atoms with Crippen LogP contribution in [0.15, 0.2) is 0 Å². The minimum Gasteiger partial charge on any atom is -0.352 e. The van der Waals surface area contributed by atoms with Crippen molar-refractivity contribution in [2.45, 2.75) is 71.4 Å². The smallest absolute Gasteiger partial charge is 0.156 e. The maximum Gasteiger partial charge on any atom is 0.156 e. The van der Waals surface area contributed by atoms with Crippen LogP contribution in [0.3, 0.4) is 0 Å². The molecule has 2 heterocycles. The van der Waals surface area contributed by atoms with Crippen molar-refractivity contribution in [1.29, 1.82) is 0 Å². The highest BCUT2D eigenvalue weighted by atomic mass is 15.3. The Balaban J connectivity index is 1.98. The van der Waals surface area contributed by atoms with Crippen molar-refractivity contribution in [1.82, 2.24) is 10.2 Å². The van der Waals surface area contributed by atoms with Crippen LogP contribution in [-0.2, 0) is 19.4 Å². The Morgan fingerprint density at radius 1 is 1.05 bits per heavy atom. The van der Waals surface area contributed by atoms with Gasteiger partial charge in [0.15, 0.2) is 5.82 Å². The molecule has 1 saturated carbocycles. The van der Waals surface area contributed by atoms with Crippen LogP contribution in [0.4, 0.5) is 5.82 Å². The zero-order valence-corrected chi connectivity index (χ0v) is 13.4. The summed E-state index contributed by atoms with van der Waals surface area (Å²) in [5.41, 5.74) is 9.80. The number of rotatable bonds is 4. The summed E-state index contributed by atoms with van der Waals surface area (Å²) in [6.45, 7) is 6.06. The van der Waals surface area contributed by atoms with E-state index in [2.05, 4.69) is 28.9 Å². The van der Waals surface area contributed by atoms with E-state index in [1.54, 1.807) is 0 Å². The van der Waals surface area contributed by atoms with E-state index in [0.717, 1.165) is 36.8 Å². The van der Waals surface area contributed by atoms with E-state index in [1.165, 1.54) is 43.2 Å². The summed E-state index contributed by atoms with van der Waals surface area (Å²) < 4.78 is 0. The minimum atomic E-state index is 0.578. The molecule has 2 unspecified atom stereocenters. The van der Waals surface area contributed by atoms with E-state index in [9.17, 15) is 0 Å². The zero-order chi connectivity index (χ0) is 14.8. The number of nitrogens with two attached hydrogens (primary N) is 1. The fourth-order valence-electron chi connectivity index (χ4n) is 4.35. The van der Waals surface area contributed by atoms with Crippen molar-refractivity contribution in [2.24, 2.45) is 11.7 Å². The number of hydrogen-bond acceptors (Lipinski definition) is 4. The van der Waals surface area contributed by atoms with Crippen LogP contribution in [0.5, 0.6) is 0 Å². The molecular formula is C17H28N4. The summed E-state index contributed by atoms with van der Waals surface area (Å²) >= 11 is 0. The van der Waals surface area contributed by atoms with Gasteiger partial charge >= 0.3 is 0 Å². The Bertz CT molecular complexity index is 500. The summed E-state index contributed by atoms with van der Waals surface area (Å²) in [6.07, 6.45) is 8.72. The predicted octanol–water partition coefficient (Wildman–Crippen LogP) is 2.83. The van der Waals surface area contributed by atoms with E-state index in [4.69, 9.17) is 5.73 Å². The summed E-state index contributed by atoms with van der Waals surface area (Å²) in [6, 6.07) is 0.676. The van der Waals surface area contributed by atoms with Gasteiger partial charge in [0.1, 0.15) is 0 Å². The van der Waals surface area contributed by atoms with Crippen LogP contribution < -0.4 is 10.6 Å². The van der Waals surface area contributed by atoms with Gasteiger partial charge in [-0.2, -0.15) is 5.10 Å². The molecule has 21 heavy (non-hydrogen) atoms. The van der Waals surface area contributed by atoms with E-state index < -0.39 is 0 Å². The van der Waals surface area contributed by atoms with Gasteiger partial charge in [-0.1, -0.05) is 26.7 Å². The fraction of sp³-hybridized carbons (Fsp3) is 0.765. The number of aromatic nitrogens is 2. The molecule has 4 nitrogen and oxygen atoms in total. The van der Waals surface area contributed by atoms with E-state index in [0.29, 0.717) is 12.6 Å². The van der Waals surface area contributed by atoms with Crippen molar-refractivity contribution >= 4 is 5.82 Å². The normalized spacial score (nSPS) is 25.2. The van der Waals surface area contributed by atoms with Gasteiger partial charge in [-0.15, -0.1) is 5.10 Å². The van der Waals surface area contributed by atoms with Gasteiger partial charge in [0.25, 0.3) is 0 Å². The molecule has 3 rings (SSSR count). The summed E-state index contributed by atoms with van der Waals surface area (Å²) in [5, 5.41) is 9.11. The first kappa shape index (κ1) is 14.8. The minimum absolute atomic E-state index is 0.578. The maximum absolute atomic E-state index is 6.09. The molecule has 1 aliphatic heterocycles. The average molecular weight is 288 g/mol. The van der Waals surface area contributed by atoms with Crippen LogP contribution in [0, 0.1) is 5.92 Å². The fourth-order valence-corrected chi connectivity index (χ4v) is 4.35. The molecular weight excluding hydrogens is 260 g/mol. The molecule has 116 valence electrons. The molecule has 1 aliphatic carbocycles. The molecule has 0 spiro atoms. The van der Waals surface area contributed by atoms with Gasteiger partial charge in [0, 0.05) is 24.7 Å². The van der Waals surface area contributed by atoms with Crippen LogP contribution >= 0.6 is 0 Å². The number of hydrogen-bond donors (Lipinski definition) is 1. The third kappa shape index (κ3) is 2.54. The molecule has 1 saturated heterocycles. The first-order valence-electron chi connectivity index (χ1n) is 8.64. The number of nitrogens with zero attached hydrogens (tertiary/aromatic N) is 3. The molecule has 2 atom stereocenters. The average Bonchev–Trinajstić information content (AvgIpc) is 2.97. The molecule has 2 fully saturated rings. The van der Waals surface area contributed by atoms with Crippen molar-refractivity contribution in [2.75, 3.05) is 11.4 Å². The van der Waals surface area contributed by atoms with Gasteiger partial charge in [-0.25, -0.2) is 0 Å². The summed E-state index contributed by atoms with van der Waals surface area (Å²) in [4.78, 5) is 2.53. The molecule has 0 radical (unpaired) electrons. The standard InChI is InChI=1S/C17H28N4/c1-3-13-14(11-18)17(20-19-15(13)4-2)21-10-9-12-7-5-6-8-16(12)21/h12,16H,3-11,18H2,1-2H3. The molecule has 1 aromatic heterocycles. The highest BCUT2D eigenvalue weighted by Crippen LogP contribution is 2.39. The van der Waals surface area contributed by atoms with Gasteiger partial charge < -0.3 is 10.6 Å². The largest absolute Gasteiger partial charge is 0.352 e. The molecule has 0 bridgehead atoms. The lowest BCUT2D eigenvalue weighted by molar-refractivity contribution is 0.341. The van der Waals surface area contributed by atoms with Crippen molar-refractivity contribution in [3.63, 3.8) is 0 Å². The lowest BCUT2D eigenvalue weighted by Crippen LogP contribution is -2.36. The summed E-state index contributed by atoms with van der Waals surface area (Å²) in [5.74, 6) is 1.95. The van der Waals surface area contributed by atoms with Gasteiger partial charge in [-0.3, -0.25) is 0 Å². The van der Waals surface area contributed by atoms with E-state index in [1.807, 2.05) is 0 Å². The predicted molar refractivity (Wildman–Crippen MR) is 86.4 cm³/mol. The third-order valence-corrected chi connectivity index (χ3v) is 5.42. The van der Waals surface area contributed by atoms with Crippen LogP contribution in [-0.4, -0.2) is 22.8 Å². The number of fused-ring (bicyclic) bond motifs is 1. The van der Waals surface area contributed by atoms with E-state index >= 15 is 0 Å².